The standard InChI is InChI=1S/C12H22N4O2/c17-6-1-5-16-9-12(14-15-16)8-13-4-2-11-3-7-18-10-11/h9,11,13,17H,1-8,10H2. The number of aliphatic hydroxyl groups is 1. The van der Waals surface area contributed by atoms with E-state index in [9.17, 15) is 0 Å². The molecule has 0 spiro atoms. The molecule has 1 aromatic rings. The normalized spacial score (nSPS) is 19.5. The van der Waals surface area contributed by atoms with Gasteiger partial charge in [-0.3, -0.25) is 4.68 Å². The van der Waals surface area contributed by atoms with Gasteiger partial charge in [0, 0.05) is 39.1 Å². The van der Waals surface area contributed by atoms with E-state index in [0.29, 0.717) is 0 Å². The lowest BCUT2D eigenvalue weighted by Gasteiger charge is -2.07. The van der Waals surface area contributed by atoms with Crippen molar-refractivity contribution in [2.75, 3.05) is 26.4 Å². The molecule has 1 saturated heterocycles. The number of ether oxygens (including phenoxy) is 1. The smallest absolute Gasteiger partial charge is 0.0964 e. The zero-order chi connectivity index (χ0) is 12.6. The molecule has 0 aliphatic carbocycles. The van der Waals surface area contributed by atoms with Crippen LogP contribution in [0.4, 0.5) is 0 Å². The maximum absolute atomic E-state index is 8.73. The predicted octanol–water partition coefficient (Wildman–Crippen LogP) is 0.177. The van der Waals surface area contributed by atoms with Gasteiger partial charge in [0.05, 0.1) is 5.69 Å². The quantitative estimate of drug-likeness (QED) is 0.647. The summed E-state index contributed by atoms with van der Waals surface area (Å²) in [5.74, 6) is 0.720. The van der Waals surface area contributed by atoms with Crippen molar-refractivity contribution in [3.05, 3.63) is 11.9 Å². The lowest BCUT2D eigenvalue weighted by Crippen LogP contribution is -2.18. The summed E-state index contributed by atoms with van der Waals surface area (Å²) >= 11 is 0. The fraction of sp³-hybridized carbons (Fsp3) is 0.833. The molecule has 0 saturated carbocycles. The Balaban J connectivity index is 1.59. The first-order chi connectivity index (χ1) is 8.88. The van der Waals surface area contributed by atoms with Gasteiger partial charge in [-0.25, -0.2) is 0 Å². The Labute approximate surface area is 107 Å². The molecule has 18 heavy (non-hydrogen) atoms. The summed E-state index contributed by atoms with van der Waals surface area (Å²) < 4.78 is 7.12. The van der Waals surface area contributed by atoms with E-state index < -0.39 is 0 Å². The van der Waals surface area contributed by atoms with Crippen molar-refractivity contribution in [2.24, 2.45) is 5.92 Å². The Bertz CT molecular complexity index is 337. The summed E-state index contributed by atoms with van der Waals surface area (Å²) in [5.41, 5.74) is 0.954. The van der Waals surface area contributed by atoms with E-state index in [1.165, 1.54) is 12.8 Å². The molecular formula is C12H22N4O2. The maximum Gasteiger partial charge on any atom is 0.0964 e. The van der Waals surface area contributed by atoms with E-state index in [1.54, 1.807) is 4.68 Å². The van der Waals surface area contributed by atoms with Crippen LogP contribution in [0.5, 0.6) is 0 Å². The number of hydrogen-bond acceptors (Lipinski definition) is 5. The minimum absolute atomic E-state index is 0.191. The van der Waals surface area contributed by atoms with Crippen LogP contribution in [0.15, 0.2) is 6.20 Å². The highest BCUT2D eigenvalue weighted by molar-refractivity contribution is 4.91. The first kappa shape index (κ1) is 13.5. The lowest BCUT2D eigenvalue weighted by atomic mass is 10.1. The molecule has 0 aromatic carbocycles. The average molecular weight is 254 g/mol. The zero-order valence-electron chi connectivity index (χ0n) is 10.7. The minimum atomic E-state index is 0.191. The van der Waals surface area contributed by atoms with Crippen LogP contribution < -0.4 is 5.32 Å². The average Bonchev–Trinajstić information content (AvgIpc) is 3.04. The van der Waals surface area contributed by atoms with Gasteiger partial charge in [0.15, 0.2) is 0 Å². The van der Waals surface area contributed by atoms with Crippen LogP contribution in [-0.4, -0.2) is 46.5 Å². The number of hydrogen-bond donors (Lipinski definition) is 2. The molecular weight excluding hydrogens is 232 g/mol. The highest BCUT2D eigenvalue weighted by Gasteiger charge is 2.14. The van der Waals surface area contributed by atoms with E-state index >= 15 is 0 Å². The molecule has 1 fully saturated rings. The van der Waals surface area contributed by atoms with Crippen LogP contribution in [0.1, 0.15) is 25.0 Å². The van der Waals surface area contributed by atoms with E-state index in [1.807, 2.05) is 6.20 Å². The molecule has 1 unspecified atom stereocenters. The van der Waals surface area contributed by atoms with Gasteiger partial charge in [0.2, 0.25) is 0 Å². The van der Waals surface area contributed by atoms with Crippen LogP contribution in [0.2, 0.25) is 0 Å². The fourth-order valence-corrected chi connectivity index (χ4v) is 2.10. The number of aliphatic hydroxyl groups excluding tert-OH is 1. The van der Waals surface area contributed by atoms with Gasteiger partial charge in [0.25, 0.3) is 0 Å². The number of aromatic nitrogens is 3. The van der Waals surface area contributed by atoms with Gasteiger partial charge in [0.1, 0.15) is 0 Å². The van der Waals surface area contributed by atoms with Crippen molar-refractivity contribution in [2.45, 2.75) is 32.4 Å². The van der Waals surface area contributed by atoms with Gasteiger partial charge in [-0.15, -0.1) is 5.10 Å². The van der Waals surface area contributed by atoms with Crippen molar-refractivity contribution in [1.29, 1.82) is 0 Å². The largest absolute Gasteiger partial charge is 0.396 e. The van der Waals surface area contributed by atoms with Crippen molar-refractivity contribution in [1.82, 2.24) is 20.3 Å². The number of nitrogens with zero attached hydrogens (tertiary/aromatic N) is 3. The molecule has 2 rings (SSSR count). The second-order valence-electron chi connectivity index (χ2n) is 4.75. The summed E-state index contributed by atoms with van der Waals surface area (Å²) in [7, 11) is 0. The number of rotatable bonds is 8. The molecule has 102 valence electrons. The number of aryl methyl sites for hydroxylation is 1. The molecule has 0 radical (unpaired) electrons. The van der Waals surface area contributed by atoms with E-state index in [-0.39, 0.29) is 6.61 Å². The second kappa shape index (κ2) is 7.45. The molecule has 0 amide bonds. The summed E-state index contributed by atoms with van der Waals surface area (Å²) in [6.45, 7) is 4.51. The number of nitrogens with one attached hydrogen (secondary N) is 1. The third-order valence-electron chi connectivity index (χ3n) is 3.19. The Morgan fingerprint density at radius 1 is 1.56 bits per heavy atom. The molecule has 6 heteroatoms. The van der Waals surface area contributed by atoms with Gasteiger partial charge in [-0.1, -0.05) is 5.21 Å². The highest BCUT2D eigenvalue weighted by Crippen LogP contribution is 2.15. The molecule has 2 N–H and O–H groups in total. The molecule has 1 aliphatic heterocycles. The fourth-order valence-electron chi connectivity index (χ4n) is 2.10. The van der Waals surface area contributed by atoms with E-state index in [2.05, 4.69) is 15.6 Å². The van der Waals surface area contributed by atoms with E-state index in [0.717, 1.165) is 50.9 Å². The van der Waals surface area contributed by atoms with Crippen LogP contribution in [-0.2, 0) is 17.8 Å². The maximum atomic E-state index is 8.73. The predicted molar refractivity (Wildman–Crippen MR) is 67.0 cm³/mol. The molecule has 1 aromatic heterocycles. The van der Waals surface area contributed by atoms with Crippen molar-refractivity contribution >= 4 is 0 Å². The topological polar surface area (TPSA) is 72.2 Å². The van der Waals surface area contributed by atoms with E-state index in [4.69, 9.17) is 9.84 Å². The third kappa shape index (κ3) is 4.36. The van der Waals surface area contributed by atoms with Gasteiger partial charge < -0.3 is 15.2 Å². The highest BCUT2D eigenvalue weighted by atomic mass is 16.5. The van der Waals surface area contributed by atoms with Crippen LogP contribution in [0.25, 0.3) is 0 Å². The molecule has 1 aliphatic rings. The summed E-state index contributed by atoms with van der Waals surface area (Å²) in [5, 5.41) is 20.2. The summed E-state index contributed by atoms with van der Waals surface area (Å²) in [4.78, 5) is 0. The molecule has 2 heterocycles. The summed E-state index contributed by atoms with van der Waals surface area (Å²) in [6.07, 6.45) is 5.01. The van der Waals surface area contributed by atoms with Crippen molar-refractivity contribution in [3.8, 4) is 0 Å². The Kier molecular flexibility index (Phi) is 5.57. The summed E-state index contributed by atoms with van der Waals surface area (Å²) in [6, 6.07) is 0. The first-order valence-electron chi connectivity index (χ1n) is 6.67. The third-order valence-corrected chi connectivity index (χ3v) is 3.19. The van der Waals surface area contributed by atoms with Crippen molar-refractivity contribution in [3.63, 3.8) is 0 Å². The second-order valence-corrected chi connectivity index (χ2v) is 4.75. The minimum Gasteiger partial charge on any atom is -0.396 e. The lowest BCUT2D eigenvalue weighted by molar-refractivity contribution is 0.184. The van der Waals surface area contributed by atoms with Gasteiger partial charge in [-0.2, -0.15) is 0 Å². The first-order valence-corrected chi connectivity index (χ1v) is 6.67. The van der Waals surface area contributed by atoms with Crippen LogP contribution >= 0.6 is 0 Å². The van der Waals surface area contributed by atoms with Crippen LogP contribution in [0.3, 0.4) is 0 Å². The van der Waals surface area contributed by atoms with Crippen molar-refractivity contribution < 1.29 is 9.84 Å². The van der Waals surface area contributed by atoms with Gasteiger partial charge >= 0.3 is 0 Å². The molecule has 1 atom stereocenters. The Hall–Kier alpha value is -0.980. The monoisotopic (exact) mass is 254 g/mol. The van der Waals surface area contributed by atoms with Gasteiger partial charge in [-0.05, 0) is 31.7 Å². The zero-order valence-corrected chi connectivity index (χ0v) is 10.7. The molecule has 0 bridgehead atoms. The molecule has 6 nitrogen and oxygen atoms in total. The van der Waals surface area contributed by atoms with Crippen LogP contribution in [0, 0.1) is 5.92 Å². The Morgan fingerprint density at radius 2 is 2.50 bits per heavy atom. The Morgan fingerprint density at radius 3 is 3.28 bits per heavy atom. The SMILES string of the molecule is OCCCn1cc(CNCCC2CCOC2)nn1.